The first-order valence-corrected chi connectivity index (χ1v) is 7.40. The molecule has 6 nitrogen and oxygen atoms in total. The van der Waals surface area contributed by atoms with Gasteiger partial charge in [0.05, 0.1) is 6.42 Å². The lowest BCUT2D eigenvalue weighted by molar-refractivity contribution is -0.189. The molecule has 2 unspecified atom stereocenters. The fourth-order valence-corrected chi connectivity index (χ4v) is 4.42. The second-order valence-corrected chi connectivity index (χ2v) is 6.63. The van der Waals surface area contributed by atoms with Crippen molar-refractivity contribution in [1.82, 2.24) is 0 Å². The maximum Gasteiger partial charge on any atom is 0.372 e. The van der Waals surface area contributed by atoms with E-state index in [0.29, 0.717) is 24.5 Å². The summed E-state index contributed by atoms with van der Waals surface area (Å²) in [7, 11) is 0. The SMILES string of the molecule is O=C(CCC(=O)C(=O)O)OC12CC3CC(C1)C(=O)C(C3)C2. The van der Waals surface area contributed by atoms with E-state index in [1.54, 1.807) is 0 Å². The van der Waals surface area contributed by atoms with Crippen LogP contribution >= 0.6 is 0 Å². The van der Waals surface area contributed by atoms with Crippen LogP contribution in [0, 0.1) is 17.8 Å². The highest BCUT2D eigenvalue weighted by atomic mass is 16.6. The van der Waals surface area contributed by atoms with Gasteiger partial charge in [-0.05, 0) is 38.0 Å². The maximum absolute atomic E-state index is 12.0. The third-order valence-corrected chi connectivity index (χ3v) is 5.06. The van der Waals surface area contributed by atoms with Crippen LogP contribution in [0.1, 0.15) is 44.9 Å². The molecule has 0 radical (unpaired) electrons. The van der Waals surface area contributed by atoms with E-state index in [2.05, 4.69) is 0 Å². The number of ether oxygens (including phenoxy) is 1. The van der Waals surface area contributed by atoms with Gasteiger partial charge in [-0.3, -0.25) is 14.4 Å². The molecule has 2 atom stereocenters. The maximum atomic E-state index is 12.0. The molecule has 114 valence electrons. The molecule has 0 spiro atoms. The Hall–Kier alpha value is -1.72. The summed E-state index contributed by atoms with van der Waals surface area (Å²) in [4.78, 5) is 45.3. The molecule has 4 aliphatic rings. The van der Waals surface area contributed by atoms with Gasteiger partial charge in [-0.15, -0.1) is 0 Å². The van der Waals surface area contributed by atoms with E-state index in [1.165, 1.54) is 0 Å². The number of esters is 1. The molecule has 0 aromatic heterocycles. The molecule has 4 fully saturated rings. The van der Waals surface area contributed by atoms with Crippen LogP contribution in [-0.4, -0.2) is 34.2 Å². The molecule has 0 amide bonds. The number of carbonyl (C=O) groups excluding carboxylic acids is 3. The van der Waals surface area contributed by atoms with E-state index in [9.17, 15) is 19.2 Å². The number of hydrogen-bond donors (Lipinski definition) is 1. The highest BCUT2D eigenvalue weighted by Gasteiger charge is 2.57. The number of carbonyl (C=O) groups is 4. The summed E-state index contributed by atoms with van der Waals surface area (Å²) >= 11 is 0. The molecular weight excluding hydrogens is 276 g/mol. The standard InChI is InChI=1S/C15H18O6/c16-11(14(19)20)1-2-12(17)21-15-5-8-3-9(6-15)13(18)10(4-8)7-15/h8-10H,1-7H2,(H,19,20). The third-order valence-electron chi connectivity index (χ3n) is 5.06. The van der Waals surface area contributed by atoms with E-state index in [-0.39, 0.29) is 24.7 Å². The van der Waals surface area contributed by atoms with Crippen molar-refractivity contribution in [2.24, 2.45) is 17.8 Å². The van der Waals surface area contributed by atoms with E-state index in [4.69, 9.17) is 9.84 Å². The summed E-state index contributed by atoms with van der Waals surface area (Å²) in [5, 5.41) is 8.49. The number of hydrogen-bond acceptors (Lipinski definition) is 5. The molecule has 0 saturated heterocycles. The molecular formula is C15H18O6. The first kappa shape index (κ1) is 14.2. The highest BCUT2D eigenvalue weighted by Crippen LogP contribution is 2.55. The Kier molecular flexibility index (Phi) is 3.34. The van der Waals surface area contributed by atoms with Crippen molar-refractivity contribution in [3.63, 3.8) is 0 Å². The van der Waals surface area contributed by atoms with Crippen molar-refractivity contribution >= 4 is 23.5 Å². The summed E-state index contributed by atoms with van der Waals surface area (Å²) in [5.74, 6) is -2.23. The van der Waals surface area contributed by atoms with Gasteiger partial charge in [0.15, 0.2) is 0 Å². The zero-order valence-corrected chi connectivity index (χ0v) is 11.7. The summed E-state index contributed by atoms with van der Waals surface area (Å²) < 4.78 is 5.59. The van der Waals surface area contributed by atoms with Crippen LogP contribution in [0.2, 0.25) is 0 Å². The Bertz CT molecular complexity index is 504. The van der Waals surface area contributed by atoms with E-state index >= 15 is 0 Å². The van der Waals surface area contributed by atoms with Crippen LogP contribution in [0.5, 0.6) is 0 Å². The molecule has 21 heavy (non-hydrogen) atoms. The first-order chi connectivity index (χ1) is 9.88. The molecule has 0 aromatic carbocycles. The minimum atomic E-state index is -1.52. The van der Waals surface area contributed by atoms with Gasteiger partial charge in [-0.25, -0.2) is 4.79 Å². The van der Waals surface area contributed by atoms with Crippen LogP contribution in [0.15, 0.2) is 0 Å². The number of rotatable bonds is 5. The number of ketones is 2. The van der Waals surface area contributed by atoms with E-state index in [1.807, 2.05) is 0 Å². The second-order valence-electron chi connectivity index (χ2n) is 6.63. The minimum absolute atomic E-state index is 0.0182. The number of carboxylic acids is 1. The monoisotopic (exact) mass is 294 g/mol. The topological polar surface area (TPSA) is 97.7 Å². The van der Waals surface area contributed by atoms with Crippen molar-refractivity contribution < 1.29 is 29.0 Å². The van der Waals surface area contributed by atoms with Crippen LogP contribution < -0.4 is 0 Å². The lowest BCUT2D eigenvalue weighted by Gasteiger charge is -2.54. The van der Waals surface area contributed by atoms with Crippen LogP contribution in [0.4, 0.5) is 0 Å². The van der Waals surface area contributed by atoms with Crippen LogP contribution in [0.3, 0.4) is 0 Å². The molecule has 0 aliphatic heterocycles. The zero-order chi connectivity index (χ0) is 15.2. The third kappa shape index (κ3) is 2.59. The van der Waals surface area contributed by atoms with Gasteiger partial charge in [-0.2, -0.15) is 0 Å². The van der Waals surface area contributed by atoms with Gasteiger partial charge in [0, 0.05) is 18.3 Å². The summed E-state index contributed by atoms with van der Waals surface area (Å²) in [6.45, 7) is 0. The molecule has 0 aromatic rings. The van der Waals surface area contributed by atoms with Crippen LogP contribution in [-0.2, 0) is 23.9 Å². The van der Waals surface area contributed by atoms with Crippen molar-refractivity contribution in [2.45, 2.75) is 50.5 Å². The predicted octanol–water partition coefficient (Wildman–Crippen LogP) is 1.11. The predicted molar refractivity (Wildman–Crippen MR) is 69.3 cm³/mol. The largest absolute Gasteiger partial charge is 0.476 e. The Labute approximate surface area is 121 Å². The molecule has 4 saturated carbocycles. The molecule has 4 bridgehead atoms. The van der Waals surface area contributed by atoms with Gasteiger partial charge >= 0.3 is 11.9 Å². The van der Waals surface area contributed by atoms with Gasteiger partial charge < -0.3 is 9.84 Å². The van der Waals surface area contributed by atoms with Crippen LogP contribution in [0.25, 0.3) is 0 Å². The smallest absolute Gasteiger partial charge is 0.372 e. The lowest BCUT2D eigenvalue weighted by Crippen LogP contribution is -2.56. The van der Waals surface area contributed by atoms with E-state index < -0.39 is 23.3 Å². The quantitative estimate of drug-likeness (QED) is 0.602. The number of carboxylic acid groups (broad SMARTS) is 1. The first-order valence-electron chi connectivity index (χ1n) is 7.40. The highest BCUT2D eigenvalue weighted by molar-refractivity contribution is 6.32. The molecule has 6 heteroatoms. The Morgan fingerprint density at radius 2 is 1.71 bits per heavy atom. The Morgan fingerprint density at radius 3 is 2.29 bits per heavy atom. The van der Waals surface area contributed by atoms with Gasteiger partial charge in [0.1, 0.15) is 11.4 Å². The number of aliphatic carboxylic acids is 1. The van der Waals surface area contributed by atoms with Gasteiger partial charge in [-0.1, -0.05) is 0 Å². The molecule has 0 heterocycles. The van der Waals surface area contributed by atoms with Gasteiger partial charge in [0.25, 0.3) is 0 Å². The Balaban J connectivity index is 1.60. The van der Waals surface area contributed by atoms with Crippen molar-refractivity contribution in [3.05, 3.63) is 0 Å². The normalized spacial score (nSPS) is 36.6. The zero-order valence-electron chi connectivity index (χ0n) is 11.7. The van der Waals surface area contributed by atoms with Gasteiger partial charge in [0.2, 0.25) is 5.78 Å². The minimum Gasteiger partial charge on any atom is -0.476 e. The average molecular weight is 294 g/mol. The molecule has 4 aliphatic carbocycles. The molecule has 1 N–H and O–H groups in total. The molecule has 4 rings (SSSR count). The fourth-order valence-electron chi connectivity index (χ4n) is 4.42. The average Bonchev–Trinajstić information content (AvgIpc) is 2.40. The second kappa shape index (κ2) is 4.93. The van der Waals surface area contributed by atoms with E-state index in [0.717, 1.165) is 19.3 Å². The lowest BCUT2D eigenvalue weighted by atomic mass is 9.53. The fraction of sp³-hybridized carbons (Fsp3) is 0.733. The Morgan fingerprint density at radius 1 is 1.10 bits per heavy atom. The number of Topliss-reactive ketones (excluding diaryl/α,β-unsaturated/α-hetero) is 2. The summed E-state index contributed by atoms with van der Waals surface area (Å²) in [5.41, 5.74) is -0.548. The summed E-state index contributed by atoms with van der Waals surface area (Å²) in [6, 6.07) is 0. The van der Waals surface area contributed by atoms with Crippen molar-refractivity contribution in [2.75, 3.05) is 0 Å². The summed E-state index contributed by atoms with van der Waals surface area (Å²) in [6.07, 6.45) is 3.26. The van der Waals surface area contributed by atoms with Crippen molar-refractivity contribution in [1.29, 1.82) is 0 Å². The van der Waals surface area contributed by atoms with Crippen molar-refractivity contribution in [3.8, 4) is 0 Å².